The third-order valence-corrected chi connectivity index (χ3v) is 6.10. The Morgan fingerprint density at radius 3 is 2.60 bits per heavy atom. The van der Waals surface area contributed by atoms with E-state index >= 15 is 0 Å². The highest BCUT2D eigenvalue weighted by atomic mass is 32.2. The number of carbonyl (C=O) groups is 2. The van der Waals surface area contributed by atoms with E-state index in [0.29, 0.717) is 33.9 Å². The molecule has 1 aliphatic heterocycles. The van der Waals surface area contributed by atoms with Crippen molar-refractivity contribution in [3.05, 3.63) is 82.7 Å². The highest BCUT2D eigenvalue weighted by Gasteiger charge is 2.32. The highest BCUT2D eigenvalue weighted by Crippen LogP contribution is 2.36. The average Bonchev–Trinajstić information content (AvgIpc) is 3.47. The van der Waals surface area contributed by atoms with E-state index in [1.807, 2.05) is 49.4 Å². The molecule has 0 bridgehead atoms. The number of esters is 1. The van der Waals surface area contributed by atoms with Crippen LogP contribution in [0.15, 0.2) is 75.0 Å². The maximum Gasteiger partial charge on any atom is 0.373 e. The van der Waals surface area contributed by atoms with Gasteiger partial charge in [-0.1, -0.05) is 24.3 Å². The molecule has 2 heterocycles. The minimum atomic E-state index is -0.552. The molecule has 180 valence electrons. The van der Waals surface area contributed by atoms with Gasteiger partial charge in [-0.2, -0.15) is 0 Å². The van der Waals surface area contributed by atoms with Crippen molar-refractivity contribution in [3.8, 4) is 11.5 Å². The molecule has 1 aromatic heterocycles. The minimum Gasteiger partial charge on any atom is -0.493 e. The summed E-state index contributed by atoms with van der Waals surface area (Å²) in [4.78, 5) is 31.4. The first-order chi connectivity index (χ1) is 17.0. The largest absolute Gasteiger partial charge is 0.493 e. The van der Waals surface area contributed by atoms with Crippen molar-refractivity contribution >= 4 is 40.6 Å². The molecule has 0 saturated carbocycles. The third-order valence-electron chi connectivity index (χ3n) is 5.09. The van der Waals surface area contributed by atoms with Crippen LogP contribution in [0, 0.1) is 0 Å². The molecule has 8 nitrogen and oxygen atoms in total. The predicted octanol–water partition coefficient (Wildman–Crippen LogP) is 5.28. The van der Waals surface area contributed by atoms with Crippen molar-refractivity contribution in [2.24, 2.45) is 4.99 Å². The molecule has 1 amide bonds. The zero-order chi connectivity index (χ0) is 24.8. The summed E-state index contributed by atoms with van der Waals surface area (Å²) in [6.45, 7) is 2.55. The number of likely N-dealkylation sites (N-methyl/N-ethyl adjacent to an activating group) is 1. The molecule has 4 rings (SSSR count). The van der Waals surface area contributed by atoms with E-state index in [9.17, 15) is 9.59 Å². The molecule has 0 N–H and O–H groups in total. The average molecular weight is 493 g/mol. The Balaban J connectivity index is 1.51. The van der Waals surface area contributed by atoms with Gasteiger partial charge in [-0.15, -0.1) is 0 Å². The van der Waals surface area contributed by atoms with Gasteiger partial charge in [0.1, 0.15) is 12.4 Å². The predicted molar refractivity (Wildman–Crippen MR) is 134 cm³/mol. The van der Waals surface area contributed by atoms with Crippen molar-refractivity contribution < 1.29 is 28.2 Å². The van der Waals surface area contributed by atoms with Crippen LogP contribution in [-0.2, 0) is 16.1 Å². The number of carbonyl (C=O) groups excluding carboxylic acids is 2. The van der Waals surface area contributed by atoms with Gasteiger partial charge in [-0.05, 0) is 66.7 Å². The van der Waals surface area contributed by atoms with Crippen molar-refractivity contribution in [1.82, 2.24) is 4.90 Å². The lowest BCUT2D eigenvalue weighted by Gasteiger charge is -2.12. The van der Waals surface area contributed by atoms with Crippen LogP contribution in [0.3, 0.4) is 0 Å². The van der Waals surface area contributed by atoms with Gasteiger partial charge in [-0.25, -0.2) is 9.79 Å². The number of amides is 1. The molecule has 35 heavy (non-hydrogen) atoms. The summed E-state index contributed by atoms with van der Waals surface area (Å²) < 4.78 is 21.4. The molecule has 0 atom stereocenters. The topological polar surface area (TPSA) is 90.6 Å². The molecule has 0 radical (unpaired) electrons. The molecule has 1 fully saturated rings. The lowest BCUT2D eigenvalue weighted by atomic mass is 10.2. The number of thioether (sulfide) groups is 1. The molecular weight excluding hydrogens is 468 g/mol. The van der Waals surface area contributed by atoms with Crippen LogP contribution in [0.25, 0.3) is 6.08 Å². The van der Waals surface area contributed by atoms with Crippen LogP contribution < -0.4 is 9.47 Å². The van der Waals surface area contributed by atoms with Crippen molar-refractivity contribution in [2.75, 3.05) is 20.8 Å². The Bertz CT molecular complexity index is 1280. The number of ether oxygens (including phenoxy) is 3. The Kier molecular flexibility index (Phi) is 7.57. The molecule has 0 spiro atoms. The summed E-state index contributed by atoms with van der Waals surface area (Å²) in [5.41, 5.74) is 1.58. The SMILES string of the molecule is CCN1C(=O)/C(=C\c2ccc(OCc3ccc(C(=O)OC)o3)c(OC)c2)SC1=Nc1ccccc1. The van der Waals surface area contributed by atoms with Gasteiger partial charge >= 0.3 is 5.97 Å². The first-order valence-corrected chi connectivity index (χ1v) is 11.7. The highest BCUT2D eigenvalue weighted by molar-refractivity contribution is 8.18. The van der Waals surface area contributed by atoms with Gasteiger partial charge in [0.2, 0.25) is 5.76 Å². The number of nitrogens with zero attached hydrogens (tertiary/aromatic N) is 2. The van der Waals surface area contributed by atoms with Crippen LogP contribution in [0.1, 0.15) is 28.8 Å². The number of furan rings is 1. The lowest BCUT2D eigenvalue weighted by Crippen LogP contribution is -2.28. The first-order valence-electron chi connectivity index (χ1n) is 10.9. The normalized spacial score (nSPS) is 15.6. The molecule has 3 aromatic rings. The number of hydrogen-bond acceptors (Lipinski definition) is 8. The molecule has 1 aliphatic rings. The van der Waals surface area contributed by atoms with Crippen LogP contribution in [-0.4, -0.2) is 42.7 Å². The second-order valence-electron chi connectivity index (χ2n) is 7.35. The van der Waals surface area contributed by atoms with Gasteiger partial charge < -0.3 is 18.6 Å². The second-order valence-corrected chi connectivity index (χ2v) is 8.36. The van der Waals surface area contributed by atoms with Crippen molar-refractivity contribution in [2.45, 2.75) is 13.5 Å². The maximum absolute atomic E-state index is 13.0. The van der Waals surface area contributed by atoms with Crippen LogP contribution in [0.2, 0.25) is 0 Å². The molecule has 9 heteroatoms. The fourth-order valence-electron chi connectivity index (χ4n) is 3.34. The van der Waals surface area contributed by atoms with Crippen LogP contribution in [0.5, 0.6) is 11.5 Å². The third kappa shape index (κ3) is 5.58. The number of rotatable bonds is 8. The number of amidine groups is 1. The monoisotopic (exact) mass is 492 g/mol. The Hall–Kier alpha value is -3.98. The smallest absolute Gasteiger partial charge is 0.373 e. The summed E-state index contributed by atoms with van der Waals surface area (Å²) in [6.07, 6.45) is 1.81. The standard InChI is InChI=1S/C26H24N2O6S/c1-4-28-24(29)23(35-26(28)27-18-8-6-5-7-9-18)15-17-10-12-20(22(14-17)31-2)33-16-19-11-13-21(34-19)25(30)32-3/h5-15H,4,16H2,1-3H3/b23-15+,27-26?. The van der Waals surface area contributed by atoms with Crippen LogP contribution >= 0.6 is 11.8 Å². The summed E-state index contributed by atoms with van der Waals surface area (Å²) in [5.74, 6) is 0.930. The Morgan fingerprint density at radius 2 is 1.89 bits per heavy atom. The van der Waals surface area contributed by atoms with Gasteiger partial charge in [0.15, 0.2) is 16.7 Å². The van der Waals surface area contributed by atoms with E-state index in [1.165, 1.54) is 24.9 Å². The first kappa shape index (κ1) is 24.2. The van der Waals surface area contributed by atoms with E-state index in [0.717, 1.165) is 11.3 Å². The summed E-state index contributed by atoms with van der Waals surface area (Å²) in [5, 5.41) is 0.645. The van der Waals surface area contributed by atoms with Crippen LogP contribution in [0.4, 0.5) is 5.69 Å². The van der Waals surface area contributed by atoms with E-state index in [-0.39, 0.29) is 18.3 Å². The van der Waals surface area contributed by atoms with Crippen molar-refractivity contribution in [3.63, 3.8) is 0 Å². The maximum atomic E-state index is 13.0. The van der Waals surface area contributed by atoms with Crippen molar-refractivity contribution in [1.29, 1.82) is 0 Å². The number of benzene rings is 2. The molecule has 0 aliphatic carbocycles. The quantitative estimate of drug-likeness (QED) is 0.312. The summed E-state index contributed by atoms with van der Waals surface area (Å²) in [7, 11) is 2.83. The van der Waals surface area contributed by atoms with Gasteiger partial charge in [0, 0.05) is 6.54 Å². The number of hydrogen-bond donors (Lipinski definition) is 0. The Morgan fingerprint density at radius 1 is 1.09 bits per heavy atom. The molecule has 1 saturated heterocycles. The van der Waals surface area contributed by atoms with Gasteiger partial charge in [-0.3, -0.25) is 9.69 Å². The lowest BCUT2D eigenvalue weighted by molar-refractivity contribution is -0.122. The number of aliphatic imine (C=N–C) groups is 1. The van der Waals surface area contributed by atoms with Gasteiger partial charge in [0.05, 0.1) is 24.8 Å². The summed E-state index contributed by atoms with van der Waals surface area (Å²) in [6, 6.07) is 18.1. The second kappa shape index (κ2) is 11.0. The fourth-order valence-corrected chi connectivity index (χ4v) is 4.40. The molecule has 2 aromatic carbocycles. The number of para-hydroxylation sites is 1. The van der Waals surface area contributed by atoms with E-state index in [1.54, 1.807) is 30.2 Å². The van der Waals surface area contributed by atoms with Gasteiger partial charge in [0.25, 0.3) is 5.91 Å². The molecule has 0 unspecified atom stereocenters. The summed E-state index contributed by atoms with van der Waals surface area (Å²) >= 11 is 1.34. The zero-order valence-corrected chi connectivity index (χ0v) is 20.3. The zero-order valence-electron chi connectivity index (χ0n) is 19.5. The Labute approximate surface area is 207 Å². The van der Waals surface area contributed by atoms with E-state index < -0.39 is 5.97 Å². The fraction of sp³-hybridized carbons (Fsp3) is 0.192. The van der Waals surface area contributed by atoms with E-state index in [4.69, 9.17) is 13.9 Å². The minimum absolute atomic E-state index is 0.0919. The molecular formula is C26H24N2O6S. The number of methoxy groups -OCH3 is 2. The van der Waals surface area contributed by atoms with E-state index in [2.05, 4.69) is 9.73 Å².